The van der Waals surface area contributed by atoms with Gasteiger partial charge in [0.05, 0.1) is 6.04 Å². The third kappa shape index (κ3) is 2.37. The summed E-state index contributed by atoms with van der Waals surface area (Å²) in [6, 6.07) is 4.62. The summed E-state index contributed by atoms with van der Waals surface area (Å²) in [5, 5.41) is 5.34. The molecule has 0 saturated heterocycles. The first-order valence-corrected chi connectivity index (χ1v) is 4.86. The Kier molecular flexibility index (Phi) is 3.86. The summed E-state index contributed by atoms with van der Waals surface area (Å²) in [4.78, 5) is 1.36. The molecule has 1 heterocycles. The Balaban J connectivity index is 2.61. The van der Waals surface area contributed by atoms with E-state index < -0.39 is 0 Å². The molecule has 12 heavy (non-hydrogen) atoms. The first-order chi connectivity index (χ1) is 5.88. The Bertz CT molecular complexity index is 266. The SMILES string of the molecule is CC#CCC(NC)c1cccs1. The molecule has 1 aromatic rings. The second kappa shape index (κ2) is 4.97. The van der Waals surface area contributed by atoms with Gasteiger partial charge in [-0.25, -0.2) is 0 Å². The highest BCUT2D eigenvalue weighted by Crippen LogP contribution is 2.20. The molecule has 1 N–H and O–H groups in total. The molecule has 1 rings (SSSR count). The van der Waals surface area contributed by atoms with Crippen LogP contribution >= 0.6 is 11.3 Å². The maximum atomic E-state index is 3.25. The molecular formula is C10H13NS. The van der Waals surface area contributed by atoms with Crippen molar-refractivity contribution in [2.24, 2.45) is 0 Å². The summed E-state index contributed by atoms with van der Waals surface area (Å²) in [5.74, 6) is 5.99. The molecule has 0 amide bonds. The van der Waals surface area contributed by atoms with Gasteiger partial charge in [0.25, 0.3) is 0 Å². The van der Waals surface area contributed by atoms with Crippen molar-refractivity contribution in [1.82, 2.24) is 5.32 Å². The molecule has 0 aliphatic heterocycles. The van der Waals surface area contributed by atoms with Crippen molar-refractivity contribution in [1.29, 1.82) is 0 Å². The van der Waals surface area contributed by atoms with Gasteiger partial charge in [0.2, 0.25) is 0 Å². The summed E-state index contributed by atoms with van der Waals surface area (Å²) in [7, 11) is 1.97. The topological polar surface area (TPSA) is 12.0 Å². The van der Waals surface area contributed by atoms with Crippen molar-refractivity contribution < 1.29 is 0 Å². The van der Waals surface area contributed by atoms with E-state index >= 15 is 0 Å². The van der Waals surface area contributed by atoms with E-state index in [1.54, 1.807) is 11.3 Å². The number of nitrogens with one attached hydrogen (secondary N) is 1. The average Bonchev–Trinajstić information content (AvgIpc) is 2.59. The first-order valence-electron chi connectivity index (χ1n) is 3.98. The van der Waals surface area contributed by atoms with Gasteiger partial charge in [-0.15, -0.1) is 23.2 Å². The normalized spacial score (nSPS) is 11.8. The molecule has 0 aliphatic rings. The Labute approximate surface area is 77.8 Å². The van der Waals surface area contributed by atoms with Crippen LogP contribution < -0.4 is 5.32 Å². The Morgan fingerprint density at radius 2 is 2.50 bits per heavy atom. The molecule has 2 heteroatoms. The first kappa shape index (κ1) is 9.31. The minimum Gasteiger partial charge on any atom is -0.312 e. The smallest absolute Gasteiger partial charge is 0.0523 e. The van der Waals surface area contributed by atoms with E-state index in [1.807, 2.05) is 14.0 Å². The van der Waals surface area contributed by atoms with Gasteiger partial charge in [-0.1, -0.05) is 6.07 Å². The van der Waals surface area contributed by atoms with Crippen LogP contribution in [0.5, 0.6) is 0 Å². The lowest BCUT2D eigenvalue weighted by atomic mass is 10.2. The highest BCUT2D eigenvalue weighted by atomic mass is 32.1. The van der Waals surface area contributed by atoms with Gasteiger partial charge >= 0.3 is 0 Å². The second-order valence-electron chi connectivity index (χ2n) is 2.49. The van der Waals surface area contributed by atoms with Gasteiger partial charge in [-0.2, -0.15) is 0 Å². The van der Waals surface area contributed by atoms with Crippen molar-refractivity contribution >= 4 is 11.3 Å². The Hall–Kier alpha value is -0.780. The van der Waals surface area contributed by atoms with Crippen LogP contribution in [0.4, 0.5) is 0 Å². The molecule has 0 bridgehead atoms. The fourth-order valence-electron chi connectivity index (χ4n) is 1.04. The molecule has 1 nitrogen and oxygen atoms in total. The fourth-order valence-corrected chi connectivity index (χ4v) is 1.88. The zero-order valence-corrected chi connectivity index (χ0v) is 8.24. The summed E-state index contributed by atoms with van der Waals surface area (Å²) >= 11 is 1.78. The number of hydrogen-bond acceptors (Lipinski definition) is 2. The van der Waals surface area contributed by atoms with E-state index in [2.05, 4.69) is 34.7 Å². The van der Waals surface area contributed by atoms with E-state index in [1.165, 1.54) is 4.88 Å². The van der Waals surface area contributed by atoms with E-state index in [0.717, 1.165) is 6.42 Å². The fraction of sp³-hybridized carbons (Fsp3) is 0.400. The summed E-state index contributed by atoms with van der Waals surface area (Å²) in [6.45, 7) is 1.88. The zero-order chi connectivity index (χ0) is 8.81. The highest BCUT2D eigenvalue weighted by molar-refractivity contribution is 7.10. The predicted octanol–water partition coefficient (Wildman–Crippen LogP) is 2.42. The highest BCUT2D eigenvalue weighted by Gasteiger charge is 2.06. The standard InChI is InChI=1S/C10H13NS/c1-3-4-6-9(11-2)10-7-5-8-12-10/h5,7-9,11H,6H2,1-2H3. The number of thiophene rings is 1. The molecule has 0 spiro atoms. The van der Waals surface area contributed by atoms with Crippen LogP contribution in [0.25, 0.3) is 0 Å². The van der Waals surface area contributed by atoms with Crippen molar-refractivity contribution in [2.45, 2.75) is 19.4 Å². The average molecular weight is 179 g/mol. The monoisotopic (exact) mass is 179 g/mol. The van der Waals surface area contributed by atoms with Crippen molar-refractivity contribution in [2.75, 3.05) is 7.05 Å². The predicted molar refractivity (Wildman–Crippen MR) is 54.2 cm³/mol. The van der Waals surface area contributed by atoms with Gasteiger partial charge < -0.3 is 5.32 Å². The van der Waals surface area contributed by atoms with Crippen LogP contribution in [0.2, 0.25) is 0 Å². The lowest BCUT2D eigenvalue weighted by Gasteiger charge is -2.09. The molecule has 0 saturated carbocycles. The van der Waals surface area contributed by atoms with Crippen molar-refractivity contribution in [3.05, 3.63) is 22.4 Å². The summed E-state index contributed by atoms with van der Waals surface area (Å²) < 4.78 is 0. The van der Waals surface area contributed by atoms with Crippen LogP contribution in [0.15, 0.2) is 17.5 Å². The molecule has 64 valence electrons. The molecule has 0 fully saturated rings. The van der Waals surface area contributed by atoms with E-state index in [-0.39, 0.29) is 0 Å². The van der Waals surface area contributed by atoms with Gasteiger partial charge in [0, 0.05) is 11.3 Å². The van der Waals surface area contributed by atoms with Crippen molar-refractivity contribution in [3.63, 3.8) is 0 Å². The Morgan fingerprint density at radius 1 is 1.67 bits per heavy atom. The van der Waals surface area contributed by atoms with Gasteiger partial charge in [0.1, 0.15) is 0 Å². The quantitative estimate of drug-likeness (QED) is 0.703. The Morgan fingerprint density at radius 3 is 3.00 bits per heavy atom. The number of rotatable bonds is 3. The van der Waals surface area contributed by atoms with E-state index in [0.29, 0.717) is 6.04 Å². The maximum absolute atomic E-state index is 3.25. The largest absolute Gasteiger partial charge is 0.312 e. The molecule has 0 aromatic carbocycles. The molecule has 1 aromatic heterocycles. The second-order valence-corrected chi connectivity index (χ2v) is 3.47. The lowest BCUT2D eigenvalue weighted by molar-refractivity contribution is 0.622. The molecule has 0 radical (unpaired) electrons. The third-order valence-electron chi connectivity index (χ3n) is 1.72. The minimum absolute atomic E-state index is 0.400. The van der Waals surface area contributed by atoms with Crippen LogP contribution in [0.3, 0.4) is 0 Å². The van der Waals surface area contributed by atoms with Gasteiger partial charge in [0.15, 0.2) is 0 Å². The van der Waals surface area contributed by atoms with Crippen LogP contribution in [-0.2, 0) is 0 Å². The van der Waals surface area contributed by atoms with E-state index in [9.17, 15) is 0 Å². The summed E-state index contributed by atoms with van der Waals surface area (Å²) in [5.41, 5.74) is 0. The minimum atomic E-state index is 0.400. The van der Waals surface area contributed by atoms with Gasteiger partial charge in [-0.05, 0) is 25.4 Å². The lowest BCUT2D eigenvalue weighted by Crippen LogP contribution is -2.14. The molecule has 0 aliphatic carbocycles. The van der Waals surface area contributed by atoms with Gasteiger partial charge in [-0.3, -0.25) is 0 Å². The molecule has 1 atom stereocenters. The summed E-state index contributed by atoms with van der Waals surface area (Å²) in [6.07, 6.45) is 0.896. The third-order valence-corrected chi connectivity index (χ3v) is 2.70. The van der Waals surface area contributed by atoms with E-state index in [4.69, 9.17) is 0 Å². The van der Waals surface area contributed by atoms with Crippen LogP contribution in [0.1, 0.15) is 24.3 Å². The van der Waals surface area contributed by atoms with Crippen LogP contribution in [-0.4, -0.2) is 7.05 Å². The maximum Gasteiger partial charge on any atom is 0.0523 e. The molecule has 1 unspecified atom stereocenters. The van der Waals surface area contributed by atoms with Crippen LogP contribution in [0, 0.1) is 11.8 Å². The molecular weight excluding hydrogens is 166 g/mol. The zero-order valence-electron chi connectivity index (χ0n) is 7.42. The number of hydrogen-bond donors (Lipinski definition) is 1. The van der Waals surface area contributed by atoms with Crippen molar-refractivity contribution in [3.8, 4) is 11.8 Å².